The maximum Gasteiger partial charge on any atom is 0.279 e. The molecule has 0 saturated carbocycles. The molecule has 2 aromatic rings. The predicted octanol–water partition coefficient (Wildman–Crippen LogP) is 1.06. The molecule has 0 spiro atoms. The van der Waals surface area contributed by atoms with E-state index in [0.29, 0.717) is 23.0 Å². The highest BCUT2D eigenvalue weighted by Gasteiger charge is 2.18. The molecule has 0 radical (unpaired) electrons. The summed E-state index contributed by atoms with van der Waals surface area (Å²) in [5.41, 5.74) is 0.00229. The molecule has 0 fully saturated rings. The summed E-state index contributed by atoms with van der Waals surface area (Å²) in [5.74, 6) is -5.88. The number of quaternary nitrogens is 1. The van der Waals surface area contributed by atoms with Crippen LogP contribution >= 0.6 is 0 Å². The summed E-state index contributed by atoms with van der Waals surface area (Å²) in [6.45, 7) is -0.0105. The van der Waals surface area contributed by atoms with E-state index in [1.807, 2.05) is 0 Å². The van der Waals surface area contributed by atoms with Crippen LogP contribution in [0.5, 0.6) is 0 Å². The molecule has 0 aromatic heterocycles. The molecule has 1 atom stereocenters. The normalized spacial score (nSPS) is 11.8. The van der Waals surface area contributed by atoms with Gasteiger partial charge >= 0.3 is 0 Å². The summed E-state index contributed by atoms with van der Waals surface area (Å²) < 4.78 is 53.1. The topological polar surface area (TPSA) is 62.6 Å². The summed E-state index contributed by atoms with van der Waals surface area (Å²) >= 11 is 0. The van der Waals surface area contributed by atoms with Crippen molar-refractivity contribution in [3.63, 3.8) is 0 Å². The number of anilines is 1. The number of rotatable bonds is 8. The van der Waals surface area contributed by atoms with Crippen molar-refractivity contribution in [2.24, 2.45) is 0 Å². The first kappa shape index (κ1) is 21.4. The monoisotopic (exact) mass is 398 g/mol. The lowest BCUT2D eigenvalue weighted by Gasteiger charge is -2.14. The quantitative estimate of drug-likeness (QED) is 0.460. The maximum atomic E-state index is 13.6. The van der Waals surface area contributed by atoms with Gasteiger partial charge < -0.3 is 15.5 Å². The number of carbonyl (C=O) groups is 2. The molecule has 28 heavy (non-hydrogen) atoms. The number of halogens is 4. The van der Waals surface area contributed by atoms with Gasteiger partial charge in [0.2, 0.25) is 0 Å². The van der Waals surface area contributed by atoms with Crippen molar-refractivity contribution in [2.75, 3.05) is 32.0 Å². The molecule has 2 amide bonds. The van der Waals surface area contributed by atoms with Crippen LogP contribution in [0.2, 0.25) is 0 Å². The standard InChI is InChI=1S/C19H19F4N3O2/c1-26(10-16(27)24-9-8-12-4-2-3-5-13(12)20)11-17(28)25-15-7-6-14(21)18(22)19(15)23/h2-7H,8-11H2,1H3,(H,24,27)(H,25,28)/p+1. The molecular formula is C19H20F4N3O2+. The molecule has 3 N–H and O–H groups in total. The average Bonchev–Trinajstić information content (AvgIpc) is 2.63. The highest BCUT2D eigenvalue weighted by molar-refractivity contribution is 5.91. The second kappa shape index (κ2) is 9.84. The van der Waals surface area contributed by atoms with Gasteiger partial charge in [-0.05, 0) is 30.2 Å². The molecule has 0 bridgehead atoms. The summed E-state index contributed by atoms with van der Waals surface area (Å²) in [6, 6.07) is 7.85. The van der Waals surface area contributed by atoms with Gasteiger partial charge in [-0.25, -0.2) is 17.6 Å². The molecule has 0 aliphatic rings. The van der Waals surface area contributed by atoms with Crippen LogP contribution in [0.15, 0.2) is 36.4 Å². The third kappa shape index (κ3) is 6.05. The molecule has 0 heterocycles. The van der Waals surface area contributed by atoms with E-state index in [4.69, 9.17) is 0 Å². The smallest absolute Gasteiger partial charge is 0.279 e. The Balaban J connectivity index is 1.76. The van der Waals surface area contributed by atoms with Gasteiger partial charge in [0, 0.05) is 6.54 Å². The van der Waals surface area contributed by atoms with Crippen LogP contribution in [0.3, 0.4) is 0 Å². The van der Waals surface area contributed by atoms with E-state index < -0.39 is 29.0 Å². The fourth-order valence-electron chi connectivity index (χ4n) is 2.53. The minimum absolute atomic E-state index is 0.0506. The Hall–Kier alpha value is -2.94. The Bertz CT molecular complexity index is 861. The van der Waals surface area contributed by atoms with Gasteiger partial charge in [-0.2, -0.15) is 0 Å². The van der Waals surface area contributed by atoms with Crippen molar-refractivity contribution in [3.8, 4) is 0 Å². The second-order valence-electron chi connectivity index (χ2n) is 6.27. The van der Waals surface area contributed by atoms with Crippen molar-refractivity contribution in [1.82, 2.24) is 5.32 Å². The van der Waals surface area contributed by atoms with Gasteiger partial charge in [-0.1, -0.05) is 18.2 Å². The minimum Gasteiger partial charge on any atom is -0.351 e. The Morgan fingerprint density at radius 3 is 2.29 bits per heavy atom. The van der Waals surface area contributed by atoms with E-state index in [1.54, 1.807) is 25.2 Å². The third-order valence-electron chi connectivity index (χ3n) is 3.91. The first-order valence-corrected chi connectivity index (χ1v) is 8.52. The summed E-state index contributed by atoms with van der Waals surface area (Å²) in [7, 11) is 1.57. The van der Waals surface area contributed by atoms with Gasteiger partial charge in [-0.15, -0.1) is 0 Å². The van der Waals surface area contributed by atoms with Crippen molar-refractivity contribution in [1.29, 1.82) is 0 Å². The zero-order valence-electron chi connectivity index (χ0n) is 15.1. The zero-order valence-corrected chi connectivity index (χ0v) is 15.1. The second-order valence-corrected chi connectivity index (χ2v) is 6.27. The largest absolute Gasteiger partial charge is 0.351 e. The third-order valence-corrected chi connectivity index (χ3v) is 3.91. The van der Waals surface area contributed by atoms with Crippen LogP contribution < -0.4 is 15.5 Å². The number of likely N-dealkylation sites (N-methyl/N-ethyl adjacent to an activating group) is 1. The number of nitrogens with one attached hydrogen (secondary N) is 3. The Morgan fingerprint density at radius 2 is 1.57 bits per heavy atom. The molecule has 0 aliphatic carbocycles. The van der Waals surface area contributed by atoms with Crippen LogP contribution in [0, 0.1) is 23.3 Å². The fourth-order valence-corrected chi connectivity index (χ4v) is 2.53. The van der Waals surface area contributed by atoms with Crippen molar-refractivity contribution in [3.05, 3.63) is 65.2 Å². The molecule has 2 rings (SSSR count). The SMILES string of the molecule is C[NH+](CC(=O)NCCc1ccccc1F)CC(=O)Nc1ccc(F)c(F)c1F. The van der Waals surface area contributed by atoms with E-state index in [2.05, 4.69) is 10.6 Å². The Labute approximate surface area is 159 Å². The number of benzene rings is 2. The fraction of sp³-hybridized carbons (Fsp3) is 0.263. The van der Waals surface area contributed by atoms with E-state index >= 15 is 0 Å². The van der Waals surface area contributed by atoms with Gasteiger partial charge in [0.25, 0.3) is 11.8 Å². The highest BCUT2D eigenvalue weighted by Crippen LogP contribution is 2.19. The zero-order chi connectivity index (χ0) is 20.7. The van der Waals surface area contributed by atoms with E-state index in [9.17, 15) is 27.2 Å². The van der Waals surface area contributed by atoms with E-state index in [-0.39, 0.29) is 31.4 Å². The van der Waals surface area contributed by atoms with Crippen LogP contribution in [0.25, 0.3) is 0 Å². The molecule has 0 saturated heterocycles. The van der Waals surface area contributed by atoms with Crippen LogP contribution in [-0.4, -0.2) is 38.5 Å². The van der Waals surface area contributed by atoms with Crippen molar-refractivity contribution < 1.29 is 32.1 Å². The summed E-state index contributed by atoms with van der Waals surface area (Å²) in [4.78, 5) is 24.3. The summed E-state index contributed by atoms with van der Waals surface area (Å²) in [5, 5.41) is 4.76. The molecule has 2 aromatic carbocycles. The maximum absolute atomic E-state index is 13.6. The molecule has 5 nitrogen and oxygen atoms in total. The molecule has 1 unspecified atom stereocenters. The number of amides is 2. The Morgan fingerprint density at radius 1 is 0.893 bits per heavy atom. The average molecular weight is 398 g/mol. The van der Waals surface area contributed by atoms with Gasteiger partial charge in [0.1, 0.15) is 5.82 Å². The Kier molecular flexibility index (Phi) is 7.51. The lowest BCUT2D eigenvalue weighted by Crippen LogP contribution is -3.11. The predicted molar refractivity (Wildman–Crippen MR) is 94.7 cm³/mol. The molecular weight excluding hydrogens is 378 g/mol. The minimum atomic E-state index is -1.67. The first-order chi connectivity index (χ1) is 13.3. The van der Waals surface area contributed by atoms with Gasteiger partial charge in [0.05, 0.1) is 12.7 Å². The molecule has 150 valence electrons. The van der Waals surface area contributed by atoms with Crippen LogP contribution in [0.4, 0.5) is 23.2 Å². The molecule has 9 heteroatoms. The lowest BCUT2D eigenvalue weighted by molar-refractivity contribution is -0.862. The highest BCUT2D eigenvalue weighted by atomic mass is 19.2. The number of hydrogen-bond acceptors (Lipinski definition) is 2. The van der Waals surface area contributed by atoms with Crippen molar-refractivity contribution in [2.45, 2.75) is 6.42 Å². The first-order valence-electron chi connectivity index (χ1n) is 8.52. The van der Waals surface area contributed by atoms with Gasteiger partial charge in [-0.3, -0.25) is 9.59 Å². The lowest BCUT2D eigenvalue weighted by atomic mass is 10.1. The summed E-state index contributed by atoms with van der Waals surface area (Å²) in [6.07, 6.45) is 0.327. The van der Waals surface area contributed by atoms with E-state index in [1.165, 1.54) is 6.07 Å². The van der Waals surface area contributed by atoms with Crippen LogP contribution in [-0.2, 0) is 16.0 Å². The van der Waals surface area contributed by atoms with Crippen molar-refractivity contribution >= 4 is 17.5 Å². The van der Waals surface area contributed by atoms with Crippen LogP contribution in [0.1, 0.15) is 5.56 Å². The molecule has 0 aliphatic heterocycles. The number of hydrogen-bond donors (Lipinski definition) is 3. The number of carbonyl (C=O) groups excluding carboxylic acids is 2. The van der Waals surface area contributed by atoms with Gasteiger partial charge in [0.15, 0.2) is 30.5 Å². The van der Waals surface area contributed by atoms with E-state index in [0.717, 1.165) is 6.07 Å².